The minimum absolute atomic E-state index is 0.139. The van der Waals surface area contributed by atoms with E-state index in [-0.39, 0.29) is 18.6 Å². The Bertz CT molecular complexity index is 458. The lowest BCUT2D eigenvalue weighted by Crippen LogP contribution is -2.33. The van der Waals surface area contributed by atoms with E-state index in [4.69, 9.17) is 5.11 Å². The van der Waals surface area contributed by atoms with Gasteiger partial charge in [-0.2, -0.15) is 5.10 Å². The summed E-state index contributed by atoms with van der Waals surface area (Å²) in [5.41, 5.74) is 1.01. The van der Waals surface area contributed by atoms with Gasteiger partial charge in [0, 0.05) is 31.5 Å². The molecular weight excluding hydrogens is 244 g/mol. The van der Waals surface area contributed by atoms with Gasteiger partial charge in [-0.05, 0) is 31.4 Å². The number of rotatable bonds is 3. The van der Waals surface area contributed by atoms with Crippen LogP contribution in [0.3, 0.4) is 0 Å². The van der Waals surface area contributed by atoms with E-state index in [1.807, 2.05) is 6.07 Å². The average molecular weight is 262 g/mol. The Labute approximate surface area is 111 Å². The molecule has 2 amide bonds. The highest BCUT2D eigenvalue weighted by Crippen LogP contribution is 2.38. The molecular formula is C13H18N4O2. The van der Waals surface area contributed by atoms with E-state index in [0.29, 0.717) is 24.8 Å². The Kier molecular flexibility index (Phi) is 3.33. The van der Waals surface area contributed by atoms with Crippen LogP contribution in [0.15, 0.2) is 12.1 Å². The largest absolute Gasteiger partial charge is 0.396 e. The van der Waals surface area contributed by atoms with E-state index < -0.39 is 0 Å². The van der Waals surface area contributed by atoms with Crippen LogP contribution in [0.25, 0.3) is 0 Å². The smallest absolute Gasteiger partial charge is 0.323 e. The summed E-state index contributed by atoms with van der Waals surface area (Å²) in [6.45, 7) is 1.43. The molecule has 3 rings (SSSR count). The molecule has 0 radical (unpaired) electrons. The molecule has 1 saturated heterocycles. The number of aromatic nitrogens is 2. The highest BCUT2D eigenvalue weighted by molar-refractivity contribution is 5.88. The maximum Gasteiger partial charge on any atom is 0.323 e. The fraction of sp³-hybridized carbons (Fsp3) is 0.615. The van der Waals surface area contributed by atoms with Gasteiger partial charge in [-0.15, -0.1) is 5.10 Å². The minimum Gasteiger partial charge on any atom is -0.396 e. The molecule has 2 aliphatic rings. The summed E-state index contributed by atoms with van der Waals surface area (Å²) >= 11 is 0. The fourth-order valence-electron chi connectivity index (χ4n) is 2.36. The molecule has 6 heteroatoms. The zero-order chi connectivity index (χ0) is 13.2. The van der Waals surface area contributed by atoms with Crippen LogP contribution >= 0.6 is 0 Å². The van der Waals surface area contributed by atoms with Gasteiger partial charge < -0.3 is 10.0 Å². The molecule has 0 spiro atoms. The first kappa shape index (κ1) is 12.3. The number of anilines is 1. The van der Waals surface area contributed by atoms with E-state index in [9.17, 15) is 4.79 Å². The Hall–Kier alpha value is -1.69. The van der Waals surface area contributed by atoms with Gasteiger partial charge in [0.15, 0.2) is 5.82 Å². The van der Waals surface area contributed by atoms with Crippen LogP contribution in [0.1, 0.15) is 30.9 Å². The molecule has 1 aromatic heterocycles. The molecule has 0 aromatic carbocycles. The Balaban J connectivity index is 1.56. The molecule has 1 aliphatic heterocycles. The third-order valence-corrected chi connectivity index (χ3v) is 3.75. The van der Waals surface area contributed by atoms with Gasteiger partial charge in [-0.25, -0.2) is 4.79 Å². The maximum atomic E-state index is 12.0. The Morgan fingerprint density at radius 3 is 2.79 bits per heavy atom. The minimum atomic E-state index is -0.163. The van der Waals surface area contributed by atoms with Crippen LogP contribution in [-0.4, -0.2) is 45.9 Å². The van der Waals surface area contributed by atoms with E-state index in [1.54, 1.807) is 11.0 Å². The molecule has 19 heavy (non-hydrogen) atoms. The molecule has 1 atom stereocenters. The lowest BCUT2D eigenvalue weighted by molar-refractivity contribution is 0.208. The number of amides is 2. The van der Waals surface area contributed by atoms with Crippen molar-refractivity contribution in [2.75, 3.05) is 25.0 Å². The number of nitrogens with zero attached hydrogens (tertiary/aromatic N) is 3. The normalized spacial score (nSPS) is 22.6. The zero-order valence-corrected chi connectivity index (χ0v) is 10.7. The number of hydrogen-bond donors (Lipinski definition) is 2. The lowest BCUT2D eigenvalue weighted by Gasteiger charge is -2.16. The van der Waals surface area contributed by atoms with Gasteiger partial charge in [0.2, 0.25) is 0 Å². The molecule has 1 saturated carbocycles. The van der Waals surface area contributed by atoms with Crippen molar-refractivity contribution in [1.82, 2.24) is 15.1 Å². The standard InChI is InChI=1S/C13H18N4O2/c18-8-9-5-6-17(7-9)13(19)14-12-4-3-11(15-16-12)10-1-2-10/h3-4,9-10,18H,1-2,5-8H2,(H,14,16,19). The third kappa shape index (κ3) is 2.84. The highest BCUT2D eigenvalue weighted by Gasteiger charge is 2.27. The summed E-state index contributed by atoms with van der Waals surface area (Å²) in [6.07, 6.45) is 3.24. The zero-order valence-electron chi connectivity index (χ0n) is 10.7. The van der Waals surface area contributed by atoms with Crippen molar-refractivity contribution in [2.45, 2.75) is 25.2 Å². The van der Waals surface area contributed by atoms with Gasteiger partial charge in [0.05, 0.1) is 5.69 Å². The number of likely N-dealkylation sites (tertiary alicyclic amines) is 1. The summed E-state index contributed by atoms with van der Waals surface area (Å²) in [6, 6.07) is 3.57. The Morgan fingerprint density at radius 1 is 1.37 bits per heavy atom. The average Bonchev–Trinajstić information content (AvgIpc) is 3.17. The third-order valence-electron chi connectivity index (χ3n) is 3.75. The SMILES string of the molecule is O=C(Nc1ccc(C2CC2)nn1)N1CCC(CO)C1. The second kappa shape index (κ2) is 5.13. The number of nitrogens with one attached hydrogen (secondary N) is 1. The van der Waals surface area contributed by atoms with Crippen molar-refractivity contribution in [3.63, 3.8) is 0 Å². The fourth-order valence-corrected chi connectivity index (χ4v) is 2.36. The molecule has 2 fully saturated rings. The van der Waals surface area contributed by atoms with Crippen LogP contribution in [0.4, 0.5) is 10.6 Å². The molecule has 0 bridgehead atoms. The number of aliphatic hydroxyl groups is 1. The van der Waals surface area contributed by atoms with Gasteiger partial charge >= 0.3 is 6.03 Å². The monoisotopic (exact) mass is 262 g/mol. The molecule has 1 unspecified atom stereocenters. The molecule has 1 aliphatic carbocycles. The predicted octanol–water partition coefficient (Wildman–Crippen LogP) is 1.20. The van der Waals surface area contributed by atoms with Gasteiger partial charge in [-0.1, -0.05) is 0 Å². The van der Waals surface area contributed by atoms with Crippen LogP contribution in [0, 0.1) is 5.92 Å². The quantitative estimate of drug-likeness (QED) is 0.858. The van der Waals surface area contributed by atoms with Crippen molar-refractivity contribution in [3.8, 4) is 0 Å². The summed E-state index contributed by atoms with van der Waals surface area (Å²) < 4.78 is 0. The van der Waals surface area contributed by atoms with Gasteiger partial charge in [0.25, 0.3) is 0 Å². The molecule has 6 nitrogen and oxygen atoms in total. The Morgan fingerprint density at radius 2 is 2.21 bits per heavy atom. The van der Waals surface area contributed by atoms with Crippen LogP contribution < -0.4 is 5.32 Å². The molecule has 2 N–H and O–H groups in total. The maximum absolute atomic E-state index is 12.0. The van der Waals surface area contributed by atoms with Crippen molar-refractivity contribution in [2.24, 2.45) is 5.92 Å². The number of carbonyl (C=O) groups excluding carboxylic acids is 1. The van der Waals surface area contributed by atoms with Crippen molar-refractivity contribution in [3.05, 3.63) is 17.8 Å². The number of carbonyl (C=O) groups is 1. The number of hydrogen-bond acceptors (Lipinski definition) is 4. The topological polar surface area (TPSA) is 78.4 Å². The first-order valence-electron chi connectivity index (χ1n) is 6.76. The van der Waals surface area contributed by atoms with E-state index in [2.05, 4.69) is 15.5 Å². The second-order valence-electron chi connectivity index (χ2n) is 5.33. The first-order chi connectivity index (χ1) is 9.26. The second-order valence-corrected chi connectivity index (χ2v) is 5.33. The van der Waals surface area contributed by atoms with Gasteiger partial charge in [0.1, 0.15) is 0 Å². The van der Waals surface area contributed by atoms with E-state index in [0.717, 1.165) is 12.1 Å². The summed E-state index contributed by atoms with van der Waals surface area (Å²) in [5, 5.41) is 20.0. The molecule has 2 heterocycles. The lowest BCUT2D eigenvalue weighted by atomic mass is 10.1. The van der Waals surface area contributed by atoms with Crippen LogP contribution in [0.2, 0.25) is 0 Å². The van der Waals surface area contributed by atoms with Crippen molar-refractivity contribution in [1.29, 1.82) is 0 Å². The first-order valence-corrected chi connectivity index (χ1v) is 6.76. The number of urea groups is 1. The number of aliphatic hydroxyl groups excluding tert-OH is 1. The van der Waals surface area contributed by atoms with Crippen LogP contribution in [-0.2, 0) is 0 Å². The van der Waals surface area contributed by atoms with E-state index in [1.165, 1.54) is 12.8 Å². The molecule has 102 valence electrons. The highest BCUT2D eigenvalue weighted by atomic mass is 16.3. The van der Waals surface area contributed by atoms with Gasteiger partial charge in [-0.3, -0.25) is 5.32 Å². The summed E-state index contributed by atoms with van der Waals surface area (Å²) in [5.74, 6) is 1.26. The van der Waals surface area contributed by atoms with E-state index >= 15 is 0 Å². The summed E-state index contributed by atoms with van der Waals surface area (Å²) in [7, 11) is 0. The summed E-state index contributed by atoms with van der Waals surface area (Å²) in [4.78, 5) is 13.7. The van der Waals surface area contributed by atoms with Crippen LogP contribution in [0.5, 0.6) is 0 Å². The van der Waals surface area contributed by atoms with Crippen molar-refractivity contribution < 1.29 is 9.90 Å². The van der Waals surface area contributed by atoms with Crippen molar-refractivity contribution >= 4 is 11.8 Å². The molecule has 1 aromatic rings. The predicted molar refractivity (Wildman–Crippen MR) is 69.8 cm³/mol.